The van der Waals surface area contributed by atoms with Crippen molar-refractivity contribution in [1.82, 2.24) is 0 Å². The molecule has 110 valence electrons. The first kappa shape index (κ1) is 13.8. The summed E-state index contributed by atoms with van der Waals surface area (Å²) in [5.41, 5.74) is 12.2. The lowest BCUT2D eigenvalue weighted by atomic mass is 9.99. The molecule has 2 aromatic carbocycles. The molecule has 0 radical (unpaired) electrons. The summed E-state index contributed by atoms with van der Waals surface area (Å²) < 4.78 is 5.22. The van der Waals surface area contributed by atoms with E-state index in [4.69, 9.17) is 10.5 Å². The summed E-state index contributed by atoms with van der Waals surface area (Å²) in [6.07, 6.45) is 2.37. The lowest BCUT2D eigenvalue weighted by Crippen LogP contribution is -2.29. The third kappa shape index (κ3) is 2.82. The molecule has 2 N–H and O–H groups in total. The summed E-state index contributed by atoms with van der Waals surface area (Å²) in [4.78, 5) is 2.43. The first-order valence-electron chi connectivity index (χ1n) is 7.44. The Labute approximate surface area is 126 Å². The third-order valence-corrected chi connectivity index (χ3v) is 4.16. The second-order valence-electron chi connectivity index (χ2n) is 5.72. The van der Waals surface area contributed by atoms with Crippen molar-refractivity contribution < 1.29 is 4.74 Å². The summed E-state index contributed by atoms with van der Waals surface area (Å²) in [5.74, 6) is 0.811. The van der Waals surface area contributed by atoms with Crippen molar-refractivity contribution in [2.45, 2.75) is 26.3 Å². The maximum absolute atomic E-state index is 6.15. The van der Waals surface area contributed by atoms with Crippen molar-refractivity contribution in [1.29, 1.82) is 0 Å². The van der Waals surface area contributed by atoms with E-state index in [2.05, 4.69) is 36.1 Å². The average molecular weight is 282 g/mol. The van der Waals surface area contributed by atoms with Crippen LogP contribution in [0.4, 0.5) is 11.4 Å². The molecule has 21 heavy (non-hydrogen) atoms. The Hall–Kier alpha value is -2.16. The lowest BCUT2D eigenvalue weighted by Gasteiger charge is -2.32. The molecule has 0 fully saturated rings. The maximum atomic E-state index is 6.15. The van der Waals surface area contributed by atoms with Crippen molar-refractivity contribution in [2.24, 2.45) is 0 Å². The molecule has 0 spiro atoms. The number of hydrogen-bond donors (Lipinski definition) is 1. The SMILES string of the molecule is COc1ccc(CN2CCCc3cc(C)ccc32)c(N)c1. The molecule has 1 aliphatic rings. The van der Waals surface area contributed by atoms with Gasteiger partial charge in [-0.3, -0.25) is 0 Å². The van der Waals surface area contributed by atoms with E-state index in [1.165, 1.54) is 29.7 Å². The van der Waals surface area contributed by atoms with Gasteiger partial charge in [0.25, 0.3) is 0 Å². The predicted molar refractivity (Wildman–Crippen MR) is 88.0 cm³/mol. The van der Waals surface area contributed by atoms with Crippen molar-refractivity contribution >= 4 is 11.4 Å². The molecule has 0 saturated carbocycles. The molecule has 3 heteroatoms. The largest absolute Gasteiger partial charge is 0.497 e. The second-order valence-corrected chi connectivity index (χ2v) is 5.72. The fraction of sp³-hybridized carbons (Fsp3) is 0.333. The summed E-state index contributed by atoms with van der Waals surface area (Å²) in [5, 5.41) is 0. The molecule has 2 aromatic rings. The number of aryl methyl sites for hydroxylation is 2. The number of benzene rings is 2. The number of fused-ring (bicyclic) bond motifs is 1. The number of nitrogens with two attached hydrogens (primary N) is 1. The molecule has 0 bridgehead atoms. The van der Waals surface area contributed by atoms with E-state index in [0.717, 1.165) is 30.1 Å². The zero-order valence-corrected chi connectivity index (χ0v) is 12.7. The first-order valence-corrected chi connectivity index (χ1v) is 7.44. The highest BCUT2D eigenvalue weighted by Crippen LogP contribution is 2.30. The number of hydrogen-bond acceptors (Lipinski definition) is 3. The van der Waals surface area contributed by atoms with Crippen LogP contribution in [0.25, 0.3) is 0 Å². The number of nitrogens with zero attached hydrogens (tertiary/aromatic N) is 1. The van der Waals surface area contributed by atoms with Crippen LogP contribution >= 0.6 is 0 Å². The zero-order valence-electron chi connectivity index (χ0n) is 12.7. The Morgan fingerprint density at radius 3 is 2.81 bits per heavy atom. The highest BCUT2D eigenvalue weighted by atomic mass is 16.5. The fourth-order valence-corrected chi connectivity index (χ4v) is 3.02. The predicted octanol–water partition coefficient (Wildman–Crippen LogP) is 3.54. The van der Waals surface area contributed by atoms with E-state index in [-0.39, 0.29) is 0 Å². The molecule has 1 aliphatic heterocycles. The number of anilines is 2. The van der Waals surface area contributed by atoms with Crippen molar-refractivity contribution in [2.75, 3.05) is 24.3 Å². The molecule has 0 saturated heterocycles. The van der Waals surface area contributed by atoms with Gasteiger partial charge in [-0.15, -0.1) is 0 Å². The van der Waals surface area contributed by atoms with E-state index in [0.29, 0.717) is 0 Å². The molecule has 0 unspecified atom stereocenters. The molecular weight excluding hydrogens is 260 g/mol. The molecule has 0 aliphatic carbocycles. The average Bonchev–Trinajstić information content (AvgIpc) is 2.49. The van der Waals surface area contributed by atoms with E-state index in [9.17, 15) is 0 Å². The molecule has 0 aromatic heterocycles. The van der Waals surface area contributed by atoms with Gasteiger partial charge in [-0.2, -0.15) is 0 Å². The van der Waals surface area contributed by atoms with E-state index in [1.54, 1.807) is 7.11 Å². The minimum atomic E-state index is 0.800. The first-order chi connectivity index (χ1) is 10.2. The zero-order chi connectivity index (χ0) is 14.8. The molecule has 3 nitrogen and oxygen atoms in total. The minimum absolute atomic E-state index is 0.800. The molecule has 0 atom stereocenters. The van der Waals surface area contributed by atoms with Crippen molar-refractivity contribution in [3.8, 4) is 5.75 Å². The van der Waals surface area contributed by atoms with Crippen LogP contribution in [0.15, 0.2) is 36.4 Å². The normalized spacial score (nSPS) is 13.9. The van der Waals surface area contributed by atoms with Crippen LogP contribution in [0.2, 0.25) is 0 Å². The van der Waals surface area contributed by atoms with Gasteiger partial charge < -0.3 is 15.4 Å². The molecule has 0 amide bonds. The summed E-state index contributed by atoms with van der Waals surface area (Å²) in [6, 6.07) is 12.7. The van der Waals surface area contributed by atoms with Gasteiger partial charge in [-0.25, -0.2) is 0 Å². The van der Waals surface area contributed by atoms with Gasteiger partial charge >= 0.3 is 0 Å². The number of nitrogen functional groups attached to an aromatic ring is 1. The van der Waals surface area contributed by atoms with Gasteiger partial charge in [0.1, 0.15) is 5.75 Å². The quantitative estimate of drug-likeness (QED) is 0.875. The van der Waals surface area contributed by atoms with E-state index >= 15 is 0 Å². The molecule has 3 rings (SSSR count). The van der Waals surface area contributed by atoms with Crippen LogP contribution in [0.5, 0.6) is 5.75 Å². The van der Waals surface area contributed by atoms with Gasteiger partial charge in [-0.05, 0) is 43.0 Å². The number of methoxy groups -OCH3 is 1. The van der Waals surface area contributed by atoms with Gasteiger partial charge in [0.2, 0.25) is 0 Å². The van der Waals surface area contributed by atoms with Crippen LogP contribution in [-0.4, -0.2) is 13.7 Å². The lowest BCUT2D eigenvalue weighted by molar-refractivity contribution is 0.415. The van der Waals surface area contributed by atoms with Crippen molar-refractivity contribution in [3.05, 3.63) is 53.1 Å². The van der Waals surface area contributed by atoms with E-state index < -0.39 is 0 Å². The molecular formula is C18H22N2O. The van der Waals surface area contributed by atoms with Crippen LogP contribution in [0.1, 0.15) is 23.1 Å². The topological polar surface area (TPSA) is 38.5 Å². The van der Waals surface area contributed by atoms with Gasteiger partial charge in [0.05, 0.1) is 7.11 Å². The van der Waals surface area contributed by atoms with Gasteiger partial charge in [0, 0.05) is 30.5 Å². The monoisotopic (exact) mass is 282 g/mol. The summed E-state index contributed by atoms with van der Waals surface area (Å²) >= 11 is 0. The fourth-order valence-electron chi connectivity index (χ4n) is 3.02. The Morgan fingerprint density at radius 1 is 1.19 bits per heavy atom. The van der Waals surface area contributed by atoms with Crippen LogP contribution < -0.4 is 15.4 Å². The van der Waals surface area contributed by atoms with E-state index in [1.807, 2.05) is 12.1 Å². The summed E-state index contributed by atoms with van der Waals surface area (Å²) in [6.45, 7) is 4.09. The molecule has 1 heterocycles. The Kier molecular flexibility index (Phi) is 3.74. The Morgan fingerprint density at radius 2 is 2.05 bits per heavy atom. The maximum Gasteiger partial charge on any atom is 0.120 e. The Bertz CT molecular complexity index is 652. The minimum Gasteiger partial charge on any atom is -0.497 e. The van der Waals surface area contributed by atoms with Crippen LogP contribution in [0, 0.1) is 6.92 Å². The van der Waals surface area contributed by atoms with Gasteiger partial charge in [0.15, 0.2) is 0 Å². The van der Waals surface area contributed by atoms with Crippen molar-refractivity contribution in [3.63, 3.8) is 0 Å². The summed E-state index contributed by atoms with van der Waals surface area (Å²) in [7, 11) is 1.66. The number of ether oxygens (including phenoxy) is 1. The second kappa shape index (κ2) is 5.68. The van der Waals surface area contributed by atoms with Gasteiger partial charge in [-0.1, -0.05) is 23.8 Å². The Balaban J connectivity index is 1.87. The third-order valence-electron chi connectivity index (χ3n) is 4.16. The van der Waals surface area contributed by atoms with Crippen LogP contribution in [-0.2, 0) is 13.0 Å². The standard InChI is InChI=1S/C18H22N2O/c1-13-5-8-18-14(10-13)4-3-9-20(18)12-15-6-7-16(21-2)11-17(15)19/h5-8,10-11H,3-4,9,12,19H2,1-2H3. The van der Waals surface area contributed by atoms with Crippen LogP contribution in [0.3, 0.4) is 0 Å². The highest BCUT2D eigenvalue weighted by molar-refractivity contribution is 5.59. The smallest absolute Gasteiger partial charge is 0.120 e. The number of rotatable bonds is 3. The highest BCUT2D eigenvalue weighted by Gasteiger charge is 2.17.